The maximum atomic E-state index is 8.81. The van der Waals surface area contributed by atoms with Gasteiger partial charge in [0, 0.05) is 0 Å². The van der Waals surface area contributed by atoms with Gasteiger partial charge in [0.15, 0.2) is 17.4 Å². The molecule has 0 radical (unpaired) electrons. The molecule has 0 atom stereocenters. The monoisotopic (exact) mass is 217 g/mol. The number of aliphatic imine (C=N–C) groups is 5. The molecule has 2 heterocycles. The highest BCUT2D eigenvalue weighted by Crippen LogP contribution is 2.03. The van der Waals surface area contributed by atoms with Crippen molar-refractivity contribution in [3.63, 3.8) is 0 Å². The first-order valence-corrected chi connectivity index (χ1v) is 4.83. The van der Waals surface area contributed by atoms with Crippen LogP contribution in [-0.4, -0.2) is 48.3 Å². The van der Waals surface area contributed by atoms with Gasteiger partial charge in [0.05, 0.1) is 13.2 Å². The maximum absolute atomic E-state index is 8.81. The molecule has 6 heteroatoms. The quantitative estimate of drug-likeness (QED) is 0.675. The lowest BCUT2D eigenvalue weighted by molar-refractivity contribution is 0.331. The van der Waals surface area contributed by atoms with Crippen LogP contribution in [-0.2, 0) is 0 Å². The molecule has 0 fully saturated rings. The average molecular weight is 217 g/mol. The third-order valence-electron chi connectivity index (χ3n) is 2.08. The maximum Gasteiger partial charge on any atom is 0.185 e. The summed E-state index contributed by atoms with van der Waals surface area (Å²) >= 11 is 0. The first-order valence-electron chi connectivity index (χ1n) is 4.83. The van der Waals surface area contributed by atoms with E-state index in [0.29, 0.717) is 23.9 Å². The predicted molar refractivity (Wildman–Crippen MR) is 65.0 cm³/mol. The van der Waals surface area contributed by atoms with E-state index in [9.17, 15) is 0 Å². The van der Waals surface area contributed by atoms with Crippen LogP contribution in [0.3, 0.4) is 0 Å². The summed E-state index contributed by atoms with van der Waals surface area (Å²) in [4.78, 5) is 20.2. The summed E-state index contributed by atoms with van der Waals surface area (Å²) in [6, 6.07) is 0. The van der Waals surface area contributed by atoms with Crippen LogP contribution in [0.15, 0.2) is 36.6 Å². The van der Waals surface area contributed by atoms with Crippen molar-refractivity contribution >= 4 is 30.1 Å². The first kappa shape index (κ1) is 10.6. The lowest BCUT2D eigenvalue weighted by Gasteiger charge is -2.03. The van der Waals surface area contributed by atoms with Crippen LogP contribution in [0.5, 0.6) is 0 Å². The Morgan fingerprint density at radius 2 is 2.19 bits per heavy atom. The normalized spacial score (nSPS) is 21.1. The highest BCUT2D eigenvalue weighted by Gasteiger charge is 2.20. The van der Waals surface area contributed by atoms with E-state index in [2.05, 4.69) is 25.0 Å². The van der Waals surface area contributed by atoms with Gasteiger partial charge in [-0.3, -0.25) is 4.99 Å². The summed E-state index contributed by atoms with van der Waals surface area (Å²) in [7, 11) is 0. The van der Waals surface area contributed by atoms with Gasteiger partial charge in [-0.05, 0) is 6.92 Å². The second-order valence-electron chi connectivity index (χ2n) is 3.29. The number of aliphatic hydroxyl groups is 1. The Labute approximate surface area is 92.6 Å². The van der Waals surface area contributed by atoms with Gasteiger partial charge in [-0.25, -0.2) is 20.0 Å². The van der Waals surface area contributed by atoms with Gasteiger partial charge >= 0.3 is 0 Å². The minimum atomic E-state index is 0.0465. The van der Waals surface area contributed by atoms with Gasteiger partial charge < -0.3 is 5.11 Å². The molecule has 0 saturated heterocycles. The molecule has 82 valence electrons. The molecule has 2 rings (SSSR count). The van der Waals surface area contributed by atoms with Gasteiger partial charge in [0.1, 0.15) is 12.7 Å². The van der Waals surface area contributed by atoms with E-state index in [1.165, 1.54) is 12.7 Å². The zero-order valence-corrected chi connectivity index (χ0v) is 8.83. The molecule has 2 aliphatic heterocycles. The molecule has 0 unspecified atom stereocenters. The van der Waals surface area contributed by atoms with Crippen LogP contribution in [0, 0.1) is 0 Å². The van der Waals surface area contributed by atoms with E-state index in [1.807, 2.05) is 13.0 Å². The number of fused-ring (bicyclic) bond motifs is 1. The number of nitrogens with zero attached hydrogens (tertiary/aromatic N) is 5. The van der Waals surface area contributed by atoms with Crippen LogP contribution in [0.4, 0.5) is 0 Å². The molecule has 6 nitrogen and oxygen atoms in total. The van der Waals surface area contributed by atoms with Crippen molar-refractivity contribution < 1.29 is 5.11 Å². The smallest absolute Gasteiger partial charge is 0.185 e. The molecule has 0 spiro atoms. The molecule has 0 saturated carbocycles. The topological polar surface area (TPSA) is 82.0 Å². The fraction of sp³-hybridized carbons (Fsp3) is 0.300. The van der Waals surface area contributed by atoms with Gasteiger partial charge in [-0.2, -0.15) is 0 Å². The first-order chi connectivity index (χ1) is 7.81. The number of hydrogen-bond acceptors (Lipinski definition) is 5. The van der Waals surface area contributed by atoms with Crippen molar-refractivity contribution in [1.82, 2.24) is 0 Å². The number of rotatable bonds is 3. The Bertz CT molecular complexity index is 468. The number of aliphatic hydroxyl groups excluding tert-OH is 1. The summed E-state index contributed by atoms with van der Waals surface area (Å²) < 4.78 is 0. The third kappa shape index (κ3) is 2.17. The van der Waals surface area contributed by atoms with Gasteiger partial charge in [-0.15, -0.1) is 0 Å². The van der Waals surface area contributed by atoms with E-state index in [-0.39, 0.29) is 6.61 Å². The van der Waals surface area contributed by atoms with Crippen LogP contribution in [0.2, 0.25) is 0 Å². The van der Waals surface area contributed by atoms with E-state index in [0.717, 1.165) is 5.57 Å². The molecule has 0 amide bonds. The number of hydrogen-bond donors (Lipinski definition) is 1. The molecule has 1 N–H and O–H groups in total. The summed E-state index contributed by atoms with van der Waals surface area (Å²) in [5, 5.41) is 8.81. The van der Waals surface area contributed by atoms with Crippen molar-refractivity contribution in [1.29, 1.82) is 0 Å². The highest BCUT2D eigenvalue weighted by atomic mass is 16.3. The molecular weight excluding hydrogens is 206 g/mol. The summed E-state index contributed by atoms with van der Waals surface area (Å²) in [6.07, 6.45) is 4.69. The van der Waals surface area contributed by atoms with Crippen molar-refractivity contribution in [3.05, 3.63) is 11.6 Å². The molecule has 0 bridgehead atoms. The summed E-state index contributed by atoms with van der Waals surface area (Å²) in [5.41, 5.74) is 1.49. The molecule has 2 aliphatic rings. The fourth-order valence-electron chi connectivity index (χ4n) is 1.18. The average Bonchev–Trinajstić information content (AvgIpc) is 2.77. The molecule has 0 aliphatic carbocycles. The van der Waals surface area contributed by atoms with E-state index < -0.39 is 0 Å². The van der Waals surface area contributed by atoms with Crippen LogP contribution in [0.1, 0.15) is 6.92 Å². The van der Waals surface area contributed by atoms with Gasteiger partial charge in [0.2, 0.25) is 0 Å². The Morgan fingerprint density at radius 3 is 3.00 bits per heavy atom. The zero-order chi connectivity index (χ0) is 11.4. The molecule has 0 aromatic rings. The summed E-state index contributed by atoms with van der Waals surface area (Å²) in [6.45, 7) is 2.35. The third-order valence-corrected chi connectivity index (χ3v) is 2.08. The van der Waals surface area contributed by atoms with E-state index >= 15 is 0 Å². The molecule has 0 aromatic carbocycles. The second kappa shape index (κ2) is 4.71. The minimum absolute atomic E-state index is 0.0465. The molecular formula is C10H11N5O. The minimum Gasteiger partial charge on any atom is -0.392 e. The van der Waals surface area contributed by atoms with E-state index in [4.69, 9.17) is 5.11 Å². The Morgan fingerprint density at radius 1 is 1.38 bits per heavy atom. The van der Waals surface area contributed by atoms with Gasteiger partial charge in [0.25, 0.3) is 0 Å². The second-order valence-corrected chi connectivity index (χ2v) is 3.29. The fourth-order valence-corrected chi connectivity index (χ4v) is 1.18. The number of amidine groups is 2. The van der Waals surface area contributed by atoms with Crippen LogP contribution in [0.25, 0.3) is 0 Å². The van der Waals surface area contributed by atoms with E-state index in [1.54, 1.807) is 0 Å². The highest BCUT2D eigenvalue weighted by molar-refractivity contribution is 6.72. The SMILES string of the molecule is C/C(=C\CN=C1N=CN=C2N=CN=C21)CO. The lowest BCUT2D eigenvalue weighted by Crippen LogP contribution is -2.22. The zero-order valence-electron chi connectivity index (χ0n) is 8.83. The predicted octanol–water partition coefficient (Wildman–Crippen LogP) is 0.247. The largest absolute Gasteiger partial charge is 0.392 e. The van der Waals surface area contributed by atoms with Crippen molar-refractivity contribution in [3.8, 4) is 0 Å². The summed E-state index contributed by atoms with van der Waals surface area (Å²) in [5.74, 6) is 1.08. The van der Waals surface area contributed by atoms with Crippen molar-refractivity contribution in [2.75, 3.05) is 13.2 Å². The van der Waals surface area contributed by atoms with Crippen molar-refractivity contribution in [2.24, 2.45) is 25.0 Å². The molecule has 16 heavy (non-hydrogen) atoms. The van der Waals surface area contributed by atoms with Crippen LogP contribution >= 0.6 is 0 Å². The Balaban J connectivity index is 2.09. The Kier molecular flexibility index (Phi) is 3.11. The van der Waals surface area contributed by atoms with Gasteiger partial charge in [-0.1, -0.05) is 11.6 Å². The van der Waals surface area contributed by atoms with Crippen molar-refractivity contribution in [2.45, 2.75) is 6.92 Å². The molecule has 0 aromatic heterocycles. The van der Waals surface area contributed by atoms with Crippen LogP contribution < -0.4 is 0 Å². The lowest BCUT2D eigenvalue weighted by atomic mass is 10.3. The Hall–Kier alpha value is -1.95. The standard InChI is InChI=1S/C10H11N5O/c1-7(4-16)2-3-11-9-8-10(13-5-12-8)15-6-14-9/h2,5-6,16H,3-4H2,1H3/b7-2+,11-9?.